The molecule has 1 aliphatic carbocycles. The summed E-state index contributed by atoms with van der Waals surface area (Å²) in [4.78, 5) is 18.5. The van der Waals surface area contributed by atoms with Crippen molar-refractivity contribution in [2.75, 3.05) is 6.54 Å². The first-order valence-corrected chi connectivity index (χ1v) is 7.79. The van der Waals surface area contributed by atoms with E-state index in [4.69, 9.17) is 16.3 Å². The average molecular weight is 309 g/mol. The minimum absolute atomic E-state index is 0.00777. The van der Waals surface area contributed by atoms with Crippen LogP contribution in [0.5, 0.6) is 0 Å². The second-order valence-electron chi connectivity index (χ2n) is 7.11. The van der Waals surface area contributed by atoms with Gasteiger partial charge in [-0.3, -0.25) is 4.98 Å². The number of halogens is 1. The van der Waals surface area contributed by atoms with Gasteiger partial charge in [-0.25, -0.2) is 4.79 Å². The lowest BCUT2D eigenvalue weighted by Gasteiger charge is -2.28. The van der Waals surface area contributed by atoms with Gasteiger partial charge in [-0.05, 0) is 51.7 Å². The van der Waals surface area contributed by atoms with Crippen LogP contribution in [0.4, 0.5) is 4.79 Å². The smallest absolute Gasteiger partial charge is 0.410 e. The molecule has 2 aliphatic rings. The van der Waals surface area contributed by atoms with E-state index in [-0.39, 0.29) is 17.6 Å². The summed E-state index contributed by atoms with van der Waals surface area (Å²) < 4.78 is 5.55. The number of hydrogen-bond donors (Lipinski definition) is 0. The molecule has 21 heavy (non-hydrogen) atoms. The van der Waals surface area contributed by atoms with Crippen LogP contribution >= 0.6 is 11.6 Å². The summed E-state index contributed by atoms with van der Waals surface area (Å²) in [5, 5.41) is 0.733. The zero-order valence-electron chi connectivity index (χ0n) is 12.7. The van der Waals surface area contributed by atoms with E-state index >= 15 is 0 Å². The maximum absolute atomic E-state index is 12.4. The molecule has 4 nitrogen and oxygen atoms in total. The third-order valence-corrected chi connectivity index (χ3v) is 4.62. The van der Waals surface area contributed by atoms with Crippen LogP contribution in [0.25, 0.3) is 0 Å². The van der Waals surface area contributed by atoms with Gasteiger partial charge in [0.15, 0.2) is 0 Å². The lowest BCUT2D eigenvalue weighted by atomic mass is 9.97. The van der Waals surface area contributed by atoms with E-state index in [1.165, 1.54) is 0 Å². The lowest BCUT2D eigenvalue weighted by Crippen LogP contribution is -2.41. The van der Waals surface area contributed by atoms with E-state index in [9.17, 15) is 4.79 Å². The summed E-state index contributed by atoms with van der Waals surface area (Å²) in [6.07, 6.45) is 6.38. The Balaban J connectivity index is 1.79. The molecule has 1 spiro atoms. The Labute approximate surface area is 130 Å². The highest BCUT2D eigenvalue weighted by atomic mass is 35.5. The number of amides is 1. The molecule has 2 fully saturated rings. The second kappa shape index (κ2) is 4.87. The fourth-order valence-electron chi connectivity index (χ4n) is 3.15. The van der Waals surface area contributed by atoms with Crippen LogP contribution in [0.3, 0.4) is 0 Å². The van der Waals surface area contributed by atoms with Gasteiger partial charge in [0.2, 0.25) is 0 Å². The summed E-state index contributed by atoms with van der Waals surface area (Å²) in [6, 6.07) is 1.81. The molecule has 3 rings (SSSR count). The fraction of sp³-hybridized carbons (Fsp3) is 0.625. The molecule has 1 aliphatic heterocycles. The van der Waals surface area contributed by atoms with E-state index in [0.29, 0.717) is 6.54 Å². The highest BCUT2D eigenvalue weighted by molar-refractivity contribution is 6.31. The Hall–Kier alpha value is -1.29. The first-order chi connectivity index (χ1) is 9.81. The number of hydrogen-bond acceptors (Lipinski definition) is 3. The van der Waals surface area contributed by atoms with Crippen molar-refractivity contribution in [1.82, 2.24) is 9.88 Å². The van der Waals surface area contributed by atoms with Crippen LogP contribution < -0.4 is 0 Å². The van der Waals surface area contributed by atoms with E-state index in [1.54, 1.807) is 6.20 Å². The van der Waals surface area contributed by atoms with Gasteiger partial charge in [-0.2, -0.15) is 0 Å². The van der Waals surface area contributed by atoms with Crippen molar-refractivity contribution >= 4 is 17.7 Å². The molecule has 0 radical (unpaired) electrons. The largest absolute Gasteiger partial charge is 0.444 e. The van der Waals surface area contributed by atoms with Crippen molar-refractivity contribution in [1.29, 1.82) is 0 Å². The molecule has 2 heterocycles. The monoisotopic (exact) mass is 308 g/mol. The molecule has 0 bridgehead atoms. The van der Waals surface area contributed by atoms with Gasteiger partial charge in [-0.1, -0.05) is 11.6 Å². The van der Waals surface area contributed by atoms with Crippen molar-refractivity contribution < 1.29 is 9.53 Å². The number of nitrogens with zero attached hydrogens (tertiary/aromatic N) is 2. The van der Waals surface area contributed by atoms with Crippen LogP contribution in [-0.2, 0) is 4.74 Å². The molecular formula is C16H21ClN2O2. The van der Waals surface area contributed by atoms with Gasteiger partial charge < -0.3 is 9.64 Å². The van der Waals surface area contributed by atoms with E-state index < -0.39 is 5.60 Å². The average Bonchev–Trinajstić information content (AvgIpc) is 3.01. The van der Waals surface area contributed by atoms with Gasteiger partial charge in [0.1, 0.15) is 5.60 Å². The van der Waals surface area contributed by atoms with Gasteiger partial charge in [0, 0.05) is 35.4 Å². The molecule has 1 atom stereocenters. The second-order valence-corrected chi connectivity index (χ2v) is 7.52. The van der Waals surface area contributed by atoms with Crippen molar-refractivity contribution in [2.45, 2.75) is 57.1 Å². The number of pyridine rings is 1. The fourth-order valence-corrected chi connectivity index (χ4v) is 3.41. The number of ether oxygens (including phenoxy) is 1. The van der Waals surface area contributed by atoms with Crippen molar-refractivity contribution in [3.63, 3.8) is 0 Å². The number of carbonyl (C=O) groups is 1. The Morgan fingerprint density at radius 2 is 2.19 bits per heavy atom. The Bertz CT molecular complexity index is 564. The summed E-state index contributed by atoms with van der Waals surface area (Å²) in [5.74, 6) is 0.251. The van der Waals surface area contributed by atoms with E-state index in [0.717, 1.165) is 29.8 Å². The number of rotatable bonds is 1. The molecule has 5 heteroatoms. The van der Waals surface area contributed by atoms with Crippen LogP contribution in [0.15, 0.2) is 18.5 Å². The van der Waals surface area contributed by atoms with Gasteiger partial charge >= 0.3 is 6.09 Å². The van der Waals surface area contributed by atoms with Gasteiger partial charge in [-0.15, -0.1) is 0 Å². The Morgan fingerprint density at radius 1 is 1.48 bits per heavy atom. The topological polar surface area (TPSA) is 42.4 Å². The SMILES string of the molecule is CC(C)(C)OC(=O)N1CC(c2cnccc2Cl)CC12CC2. The highest BCUT2D eigenvalue weighted by Crippen LogP contribution is 2.54. The maximum Gasteiger partial charge on any atom is 0.410 e. The zero-order chi connectivity index (χ0) is 15.3. The molecule has 1 aromatic heterocycles. The molecule has 1 saturated carbocycles. The molecule has 1 unspecified atom stereocenters. The molecule has 1 amide bonds. The summed E-state index contributed by atoms with van der Waals surface area (Å²) in [5.41, 5.74) is 0.570. The summed E-state index contributed by atoms with van der Waals surface area (Å²) in [7, 11) is 0. The minimum Gasteiger partial charge on any atom is -0.444 e. The predicted octanol–water partition coefficient (Wildman–Crippen LogP) is 3.99. The third kappa shape index (κ3) is 2.86. The first-order valence-electron chi connectivity index (χ1n) is 7.41. The van der Waals surface area contributed by atoms with Crippen LogP contribution in [0.2, 0.25) is 5.02 Å². The third-order valence-electron chi connectivity index (χ3n) is 4.28. The molecule has 0 aromatic carbocycles. The summed E-state index contributed by atoms with van der Waals surface area (Å²) in [6.45, 7) is 6.36. The van der Waals surface area contributed by atoms with Gasteiger partial charge in [0.25, 0.3) is 0 Å². The predicted molar refractivity (Wildman–Crippen MR) is 81.5 cm³/mol. The van der Waals surface area contributed by atoms with Crippen LogP contribution in [0, 0.1) is 0 Å². The lowest BCUT2D eigenvalue weighted by molar-refractivity contribution is 0.0202. The number of carbonyl (C=O) groups excluding carboxylic acids is 1. The molecule has 114 valence electrons. The normalized spacial score (nSPS) is 23.4. The van der Waals surface area contributed by atoms with Gasteiger partial charge in [0.05, 0.1) is 0 Å². The molecule has 1 saturated heterocycles. The minimum atomic E-state index is -0.461. The Kier molecular flexibility index (Phi) is 3.40. The standard InChI is InChI=1S/C16H21ClN2O2/c1-15(2,3)21-14(20)19-10-11(8-16(19)5-6-16)12-9-18-7-4-13(12)17/h4,7,9,11H,5-6,8,10H2,1-3H3. The number of likely N-dealkylation sites (tertiary alicyclic amines) is 1. The number of aromatic nitrogens is 1. The quantitative estimate of drug-likeness (QED) is 0.787. The first kappa shape index (κ1) is 14.6. The molecule has 1 aromatic rings. The van der Waals surface area contributed by atoms with Crippen molar-refractivity contribution in [2.24, 2.45) is 0 Å². The van der Waals surface area contributed by atoms with Crippen molar-refractivity contribution in [3.05, 3.63) is 29.0 Å². The Morgan fingerprint density at radius 3 is 2.76 bits per heavy atom. The van der Waals surface area contributed by atoms with Crippen molar-refractivity contribution in [3.8, 4) is 0 Å². The van der Waals surface area contributed by atoms with E-state index in [2.05, 4.69) is 4.98 Å². The molecular weight excluding hydrogens is 288 g/mol. The van der Waals surface area contributed by atoms with Crippen LogP contribution in [0.1, 0.15) is 51.5 Å². The molecule has 0 N–H and O–H groups in total. The maximum atomic E-state index is 12.4. The zero-order valence-corrected chi connectivity index (χ0v) is 13.5. The van der Waals surface area contributed by atoms with E-state index in [1.807, 2.05) is 37.9 Å². The summed E-state index contributed by atoms with van der Waals surface area (Å²) >= 11 is 6.28. The van der Waals surface area contributed by atoms with Crippen LogP contribution in [-0.4, -0.2) is 33.7 Å². The highest BCUT2D eigenvalue weighted by Gasteiger charge is 2.57.